The van der Waals surface area contributed by atoms with Gasteiger partial charge in [-0.2, -0.15) is 0 Å². The summed E-state index contributed by atoms with van der Waals surface area (Å²) < 4.78 is 28.0. The molecule has 6 rings (SSSR count). The van der Waals surface area contributed by atoms with Crippen LogP contribution in [0.3, 0.4) is 0 Å². The van der Waals surface area contributed by atoms with Crippen molar-refractivity contribution in [2.75, 3.05) is 5.73 Å². The van der Waals surface area contributed by atoms with E-state index in [1.165, 1.54) is 18.5 Å². The van der Waals surface area contributed by atoms with Gasteiger partial charge in [-0.15, -0.1) is 0 Å². The van der Waals surface area contributed by atoms with Crippen molar-refractivity contribution in [1.82, 2.24) is 24.5 Å². The molecule has 0 aliphatic heterocycles. The van der Waals surface area contributed by atoms with Crippen molar-refractivity contribution >= 4 is 16.9 Å². The Bertz CT molecular complexity index is 1600. The van der Waals surface area contributed by atoms with E-state index in [2.05, 4.69) is 24.5 Å². The molecular weight excluding hydrogens is 487 g/mol. The summed E-state index contributed by atoms with van der Waals surface area (Å²) in [6, 6.07) is 11.8. The Kier molecular flexibility index (Phi) is 6.09. The number of fused-ring (bicyclic) bond motifs is 1. The van der Waals surface area contributed by atoms with Gasteiger partial charge in [0.1, 0.15) is 53.3 Å². The van der Waals surface area contributed by atoms with Gasteiger partial charge in [0.2, 0.25) is 0 Å². The molecule has 0 spiro atoms. The Labute approximate surface area is 217 Å². The summed E-state index contributed by atoms with van der Waals surface area (Å²) in [5.74, 6) is 1.77. The third-order valence-electron chi connectivity index (χ3n) is 6.61. The zero-order chi connectivity index (χ0) is 26.2. The molecule has 5 aromatic rings. The molecule has 0 bridgehead atoms. The SMILES string of the molecule is Cc1ncc(COc2cc(F)cc(Oc3ccc(-c4cn([C@H]5C[C@@H](O)C5)c5ncnc(N)c45)cc3)c2)cn1. The van der Waals surface area contributed by atoms with Crippen LogP contribution in [0.2, 0.25) is 0 Å². The number of hydrogen-bond donors (Lipinski definition) is 2. The molecule has 1 fully saturated rings. The van der Waals surface area contributed by atoms with Gasteiger partial charge in [-0.25, -0.2) is 24.3 Å². The Balaban J connectivity index is 1.22. The molecule has 192 valence electrons. The number of ether oxygens (including phenoxy) is 2. The zero-order valence-electron chi connectivity index (χ0n) is 20.6. The van der Waals surface area contributed by atoms with Crippen LogP contribution in [0, 0.1) is 12.7 Å². The van der Waals surface area contributed by atoms with E-state index in [0.29, 0.717) is 41.7 Å². The van der Waals surface area contributed by atoms with E-state index < -0.39 is 5.82 Å². The summed E-state index contributed by atoms with van der Waals surface area (Å²) in [4.78, 5) is 16.9. The minimum Gasteiger partial charge on any atom is -0.489 e. The number of hydrogen-bond acceptors (Lipinski definition) is 8. The van der Waals surface area contributed by atoms with Gasteiger partial charge in [-0.3, -0.25) is 0 Å². The molecule has 3 heterocycles. The summed E-state index contributed by atoms with van der Waals surface area (Å²) in [5.41, 5.74) is 9.56. The van der Waals surface area contributed by atoms with Crippen LogP contribution in [-0.2, 0) is 6.61 Å². The number of rotatable bonds is 7. The zero-order valence-corrected chi connectivity index (χ0v) is 20.6. The van der Waals surface area contributed by atoms with Gasteiger partial charge in [0, 0.05) is 54.0 Å². The lowest BCUT2D eigenvalue weighted by molar-refractivity contribution is 0.0502. The van der Waals surface area contributed by atoms with Crippen LogP contribution >= 0.6 is 0 Å². The normalized spacial score (nSPS) is 16.8. The molecule has 38 heavy (non-hydrogen) atoms. The van der Waals surface area contributed by atoms with E-state index >= 15 is 0 Å². The first-order valence-corrected chi connectivity index (χ1v) is 12.2. The molecule has 3 N–H and O–H groups in total. The maximum atomic E-state index is 14.3. The fourth-order valence-electron chi connectivity index (χ4n) is 4.57. The Morgan fingerprint density at radius 1 is 1.00 bits per heavy atom. The Morgan fingerprint density at radius 2 is 1.74 bits per heavy atom. The van der Waals surface area contributed by atoms with E-state index in [1.807, 2.05) is 18.3 Å². The van der Waals surface area contributed by atoms with Crippen LogP contribution in [0.5, 0.6) is 17.2 Å². The van der Waals surface area contributed by atoms with E-state index in [4.69, 9.17) is 15.2 Å². The van der Waals surface area contributed by atoms with E-state index in [9.17, 15) is 9.50 Å². The smallest absolute Gasteiger partial charge is 0.146 e. The van der Waals surface area contributed by atoms with Gasteiger partial charge in [0.05, 0.1) is 11.5 Å². The fourth-order valence-corrected chi connectivity index (χ4v) is 4.57. The monoisotopic (exact) mass is 512 g/mol. The van der Waals surface area contributed by atoms with Gasteiger partial charge < -0.3 is 24.9 Å². The van der Waals surface area contributed by atoms with Crippen molar-refractivity contribution in [3.05, 3.63) is 84.6 Å². The average molecular weight is 513 g/mol. The summed E-state index contributed by atoms with van der Waals surface area (Å²) in [6.07, 6.45) is 7.88. The molecule has 0 atom stereocenters. The first-order valence-electron chi connectivity index (χ1n) is 12.2. The number of nitrogens with zero attached hydrogens (tertiary/aromatic N) is 5. The van der Waals surface area contributed by atoms with Gasteiger partial charge in [-0.05, 0) is 37.5 Å². The highest BCUT2D eigenvalue weighted by Gasteiger charge is 2.31. The van der Waals surface area contributed by atoms with Gasteiger partial charge in [0.25, 0.3) is 0 Å². The Morgan fingerprint density at radius 3 is 2.47 bits per heavy atom. The number of anilines is 1. The number of nitrogens with two attached hydrogens (primary N) is 1. The maximum Gasteiger partial charge on any atom is 0.146 e. The van der Waals surface area contributed by atoms with Crippen molar-refractivity contribution in [3.8, 4) is 28.4 Å². The number of benzene rings is 2. The number of nitrogen functional groups attached to an aromatic ring is 1. The highest BCUT2D eigenvalue weighted by molar-refractivity contribution is 6.00. The van der Waals surface area contributed by atoms with Crippen LogP contribution in [-0.4, -0.2) is 35.7 Å². The molecule has 10 heteroatoms. The van der Waals surface area contributed by atoms with Crippen molar-refractivity contribution in [2.24, 2.45) is 0 Å². The molecule has 0 radical (unpaired) electrons. The molecule has 1 aliphatic rings. The molecule has 1 saturated carbocycles. The fraction of sp³-hybridized carbons (Fsp3) is 0.214. The minimum absolute atomic E-state index is 0.168. The van der Waals surface area contributed by atoms with Crippen LogP contribution in [0.1, 0.15) is 30.3 Å². The third-order valence-corrected chi connectivity index (χ3v) is 6.61. The van der Waals surface area contributed by atoms with Crippen LogP contribution in [0.4, 0.5) is 10.2 Å². The lowest BCUT2D eigenvalue weighted by Crippen LogP contribution is -2.30. The lowest BCUT2D eigenvalue weighted by atomic mass is 9.89. The molecule has 0 unspecified atom stereocenters. The average Bonchev–Trinajstić information content (AvgIpc) is 3.27. The van der Waals surface area contributed by atoms with Gasteiger partial charge >= 0.3 is 0 Å². The molecule has 0 saturated heterocycles. The first kappa shape index (κ1) is 23.8. The quantitative estimate of drug-likeness (QED) is 0.313. The number of aromatic nitrogens is 5. The van der Waals surface area contributed by atoms with Crippen LogP contribution < -0.4 is 15.2 Å². The second kappa shape index (κ2) is 9.71. The molecule has 2 aromatic carbocycles. The Hall–Kier alpha value is -4.57. The minimum atomic E-state index is -0.473. The number of aryl methyl sites for hydroxylation is 1. The highest BCUT2D eigenvalue weighted by Crippen LogP contribution is 2.40. The van der Waals surface area contributed by atoms with Crippen molar-refractivity contribution in [1.29, 1.82) is 0 Å². The first-order chi connectivity index (χ1) is 18.4. The highest BCUT2D eigenvalue weighted by atomic mass is 19.1. The van der Waals surface area contributed by atoms with E-state index in [1.54, 1.807) is 37.5 Å². The number of aliphatic hydroxyl groups excluding tert-OH is 1. The predicted molar refractivity (Wildman–Crippen MR) is 139 cm³/mol. The summed E-state index contributed by atoms with van der Waals surface area (Å²) in [6.45, 7) is 2.01. The summed E-state index contributed by atoms with van der Waals surface area (Å²) in [5, 5.41) is 10.6. The van der Waals surface area contributed by atoms with Gasteiger partial charge in [0.15, 0.2) is 0 Å². The van der Waals surface area contributed by atoms with Gasteiger partial charge in [-0.1, -0.05) is 12.1 Å². The molecule has 0 amide bonds. The second-order valence-electron chi connectivity index (χ2n) is 9.36. The molecular formula is C28H25FN6O3. The second-order valence-corrected chi connectivity index (χ2v) is 9.36. The largest absolute Gasteiger partial charge is 0.489 e. The topological polar surface area (TPSA) is 121 Å². The van der Waals surface area contributed by atoms with E-state index in [0.717, 1.165) is 27.7 Å². The number of halogens is 1. The van der Waals surface area contributed by atoms with Crippen molar-refractivity contribution < 1.29 is 19.0 Å². The standard InChI is InChI=1S/C28H25FN6O3/c1-16-31-11-17(12-32-16)14-37-23-6-19(29)7-24(10-23)38-22-4-2-18(3-5-22)25-13-35(20-8-21(36)9-20)28-26(25)27(30)33-15-34-28/h2-7,10-13,15,20-21,36H,8-9,14H2,1H3,(H2,30,33,34)/t20-,21+. The maximum absolute atomic E-state index is 14.3. The van der Waals surface area contributed by atoms with Crippen LogP contribution in [0.25, 0.3) is 22.2 Å². The van der Waals surface area contributed by atoms with Crippen molar-refractivity contribution in [3.63, 3.8) is 0 Å². The summed E-state index contributed by atoms with van der Waals surface area (Å²) >= 11 is 0. The molecule has 3 aromatic heterocycles. The van der Waals surface area contributed by atoms with Crippen LogP contribution in [0.15, 0.2) is 67.4 Å². The van der Waals surface area contributed by atoms with Crippen molar-refractivity contribution in [2.45, 2.75) is 38.5 Å². The summed E-state index contributed by atoms with van der Waals surface area (Å²) in [7, 11) is 0. The third kappa shape index (κ3) is 4.73. The molecule has 1 aliphatic carbocycles. The number of aliphatic hydroxyl groups is 1. The molecule has 9 nitrogen and oxygen atoms in total. The predicted octanol–water partition coefficient (Wildman–Crippen LogP) is 4.99. The van der Waals surface area contributed by atoms with E-state index in [-0.39, 0.29) is 18.8 Å². The lowest BCUT2D eigenvalue weighted by Gasteiger charge is -2.32.